The molecule has 1 aromatic heterocycles. The number of pyridine rings is 1. The third kappa shape index (κ3) is 6.15. The van der Waals surface area contributed by atoms with Crippen LogP contribution in [0.15, 0.2) is 24.3 Å². The molecule has 1 amide bonds. The second kappa shape index (κ2) is 11.4. The Bertz CT molecular complexity index is 1280. The second-order valence-electron chi connectivity index (χ2n) is 8.23. The van der Waals surface area contributed by atoms with Gasteiger partial charge in [0.05, 0.1) is 23.4 Å². The third-order valence-corrected chi connectivity index (χ3v) is 7.03. The lowest BCUT2D eigenvalue weighted by molar-refractivity contribution is -0.123. The Morgan fingerprint density at radius 3 is 2.42 bits per heavy atom. The molecule has 0 radical (unpaired) electrons. The van der Waals surface area contributed by atoms with Gasteiger partial charge in [-0.3, -0.25) is 9.52 Å². The van der Waals surface area contributed by atoms with Crippen molar-refractivity contribution < 1.29 is 31.5 Å². The molecule has 1 saturated heterocycles. The topological polar surface area (TPSA) is 129 Å². The van der Waals surface area contributed by atoms with Crippen LogP contribution in [-0.2, 0) is 31.7 Å². The van der Waals surface area contributed by atoms with Crippen molar-refractivity contribution in [3.05, 3.63) is 58.3 Å². The molecule has 2 aromatic rings. The molecular weight excluding hydrogens is 494 g/mol. The quantitative estimate of drug-likeness (QED) is 0.526. The van der Waals surface area contributed by atoms with Crippen LogP contribution < -0.4 is 9.62 Å². The number of nitrogens with zero attached hydrogens (tertiary/aromatic N) is 3. The number of carbonyl (C=O) groups excluding carboxylic acids is 2. The van der Waals surface area contributed by atoms with Crippen molar-refractivity contribution in [1.29, 1.82) is 5.26 Å². The number of benzene rings is 1. The average molecular weight is 521 g/mol. The van der Waals surface area contributed by atoms with E-state index in [9.17, 15) is 32.0 Å². The maximum atomic E-state index is 13.8. The molecule has 192 valence electrons. The Morgan fingerprint density at radius 1 is 1.22 bits per heavy atom. The first-order valence-corrected chi connectivity index (χ1v) is 13.1. The minimum atomic E-state index is -4.32. The largest absolute Gasteiger partial charge is 0.462 e. The molecule has 1 aliphatic rings. The number of aromatic nitrogens is 1. The highest BCUT2D eigenvalue weighted by molar-refractivity contribution is 7.89. The SMILES string of the molecule is CCOC(=O)c1cc(C#N)c(N2CCC(C(=O)NS(=O)(=O)Cc3c(F)cccc3F)CC2)nc1CC. The van der Waals surface area contributed by atoms with E-state index < -0.39 is 50.8 Å². The minimum absolute atomic E-state index is 0.187. The number of carbonyl (C=O) groups is 2. The lowest BCUT2D eigenvalue weighted by atomic mass is 9.96. The van der Waals surface area contributed by atoms with Crippen LogP contribution >= 0.6 is 0 Å². The molecule has 1 N–H and O–H groups in total. The molecular formula is C24H26F2N4O5S. The summed E-state index contributed by atoms with van der Waals surface area (Å²) in [5, 5.41) is 9.62. The zero-order chi connectivity index (χ0) is 26.5. The molecule has 3 rings (SSSR count). The van der Waals surface area contributed by atoms with Gasteiger partial charge in [0.2, 0.25) is 15.9 Å². The number of rotatable bonds is 8. The number of esters is 1. The Morgan fingerprint density at radius 2 is 1.86 bits per heavy atom. The van der Waals surface area contributed by atoms with Gasteiger partial charge in [-0.2, -0.15) is 5.26 Å². The van der Waals surface area contributed by atoms with Gasteiger partial charge in [-0.05, 0) is 44.4 Å². The molecule has 0 unspecified atom stereocenters. The zero-order valence-electron chi connectivity index (χ0n) is 19.9. The summed E-state index contributed by atoms with van der Waals surface area (Å²) >= 11 is 0. The van der Waals surface area contributed by atoms with Crippen molar-refractivity contribution in [3.8, 4) is 6.07 Å². The predicted molar refractivity (Wildman–Crippen MR) is 126 cm³/mol. The molecule has 36 heavy (non-hydrogen) atoms. The van der Waals surface area contributed by atoms with E-state index in [4.69, 9.17) is 4.74 Å². The monoisotopic (exact) mass is 520 g/mol. The second-order valence-corrected chi connectivity index (χ2v) is 9.95. The van der Waals surface area contributed by atoms with Gasteiger partial charge in [0.15, 0.2) is 0 Å². The number of piperidine rings is 1. The van der Waals surface area contributed by atoms with E-state index in [2.05, 4.69) is 4.98 Å². The van der Waals surface area contributed by atoms with Gasteiger partial charge >= 0.3 is 5.97 Å². The Balaban J connectivity index is 1.69. The first-order valence-electron chi connectivity index (χ1n) is 11.4. The molecule has 2 heterocycles. The van der Waals surface area contributed by atoms with Crippen LogP contribution in [0, 0.1) is 28.9 Å². The van der Waals surface area contributed by atoms with Crippen LogP contribution in [0.25, 0.3) is 0 Å². The van der Waals surface area contributed by atoms with E-state index in [0.29, 0.717) is 31.0 Å². The van der Waals surface area contributed by atoms with Gasteiger partial charge < -0.3 is 9.64 Å². The molecule has 0 saturated carbocycles. The van der Waals surface area contributed by atoms with Crippen LogP contribution in [-0.4, -0.2) is 45.0 Å². The Labute approximate surface area is 208 Å². The van der Waals surface area contributed by atoms with Gasteiger partial charge in [-0.1, -0.05) is 13.0 Å². The molecule has 0 bridgehead atoms. The summed E-state index contributed by atoms with van der Waals surface area (Å²) in [5.41, 5.74) is 0.257. The minimum Gasteiger partial charge on any atom is -0.462 e. The number of sulfonamides is 1. The molecule has 9 nitrogen and oxygen atoms in total. The molecule has 1 fully saturated rings. The van der Waals surface area contributed by atoms with Crippen LogP contribution in [0.2, 0.25) is 0 Å². The molecule has 1 aliphatic heterocycles. The molecule has 0 aliphatic carbocycles. The van der Waals surface area contributed by atoms with E-state index in [0.717, 1.165) is 18.2 Å². The first-order chi connectivity index (χ1) is 17.1. The number of aryl methyl sites for hydroxylation is 1. The maximum absolute atomic E-state index is 13.8. The number of hydrogen-bond acceptors (Lipinski definition) is 8. The van der Waals surface area contributed by atoms with Crippen LogP contribution in [0.5, 0.6) is 0 Å². The summed E-state index contributed by atoms with van der Waals surface area (Å²) in [4.78, 5) is 31.2. The van der Waals surface area contributed by atoms with Crippen molar-refractivity contribution in [2.75, 3.05) is 24.6 Å². The standard InChI is InChI=1S/C24H26F2N4O5S/c1-3-21-17(24(32)35-4-2)12-16(13-27)22(28-21)30-10-8-15(9-11-30)23(31)29-36(33,34)14-18-19(25)6-5-7-20(18)26/h5-7,12,15H,3-4,8-11,14H2,1-2H3,(H,29,31). The molecule has 0 atom stereocenters. The number of nitrogens with one attached hydrogen (secondary N) is 1. The summed E-state index contributed by atoms with van der Waals surface area (Å²) < 4.78 is 59.4. The summed E-state index contributed by atoms with van der Waals surface area (Å²) in [6, 6.07) is 6.50. The Kier molecular flexibility index (Phi) is 8.57. The lowest BCUT2D eigenvalue weighted by Gasteiger charge is -2.33. The molecule has 12 heteroatoms. The van der Waals surface area contributed by atoms with Crippen molar-refractivity contribution in [2.45, 2.75) is 38.9 Å². The third-order valence-electron chi connectivity index (χ3n) is 5.85. The van der Waals surface area contributed by atoms with Gasteiger partial charge in [0.1, 0.15) is 29.3 Å². The summed E-state index contributed by atoms with van der Waals surface area (Å²) in [5.74, 6) is -4.62. The van der Waals surface area contributed by atoms with Crippen LogP contribution in [0.4, 0.5) is 14.6 Å². The van der Waals surface area contributed by atoms with Gasteiger partial charge in [-0.15, -0.1) is 0 Å². The highest BCUT2D eigenvalue weighted by Crippen LogP contribution is 2.27. The van der Waals surface area contributed by atoms with Gasteiger partial charge in [-0.25, -0.2) is 27.0 Å². The van der Waals surface area contributed by atoms with Gasteiger partial charge in [0.25, 0.3) is 0 Å². The normalized spacial score (nSPS) is 14.2. The smallest absolute Gasteiger partial charge is 0.340 e. The highest BCUT2D eigenvalue weighted by atomic mass is 32.2. The number of halogens is 2. The van der Waals surface area contributed by atoms with E-state index in [1.54, 1.807) is 11.8 Å². The first kappa shape index (κ1) is 27.0. The van der Waals surface area contributed by atoms with E-state index in [-0.39, 0.29) is 30.6 Å². The van der Waals surface area contributed by atoms with Gasteiger partial charge in [0, 0.05) is 24.6 Å². The van der Waals surface area contributed by atoms with E-state index >= 15 is 0 Å². The van der Waals surface area contributed by atoms with Crippen molar-refractivity contribution in [2.24, 2.45) is 5.92 Å². The average Bonchev–Trinajstić information content (AvgIpc) is 2.85. The number of ether oxygens (including phenoxy) is 1. The zero-order valence-corrected chi connectivity index (χ0v) is 20.7. The molecule has 0 spiro atoms. The van der Waals surface area contributed by atoms with Crippen molar-refractivity contribution >= 4 is 27.7 Å². The van der Waals surface area contributed by atoms with E-state index in [1.165, 1.54) is 6.07 Å². The number of anilines is 1. The predicted octanol–water partition coefficient (Wildman–Crippen LogP) is 2.83. The maximum Gasteiger partial charge on any atom is 0.340 e. The fourth-order valence-electron chi connectivity index (χ4n) is 4.01. The van der Waals surface area contributed by atoms with E-state index in [1.807, 2.05) is 17.7 Å². The number of hydrogen-bond donors (Lipinski definition) is 1. The van der Waals surface area contributed by atoms with Crippen LogP contribution in [0.1, 0.15) is 53.9 Å². The number of nitriles is 1. The fraction of sp³-hybridized carbons (Fsp3) is 0.417. The summed E-state index contributed by atoms with van der Waals surface area (Å²) in [6.45, 7) is 4.31. The number of amides is 1. The van der Waals surface area contributed by atoms with Crippen LogP contribution in [0.3, 0.4) is 0 Å². The van der Waals surface area contributed by atoms with Crippen molar-refractivity contribution in [1.82, 2.24) is 9.71 Å². The Hall–Kier alpha value is -3.59. The summed E-state index contributed by atoms with van der Waals surface area (Å²) in [6.07, 6.45) is 0.971. The highest BCUT2D eigenvalue weighted by Gasteiger charge is 2.30. The lowest BCUT2D eigenvalue weighted by Crippen LogP contribution is -2.43. The summed E-state index contributed by atoms with van der Waals surface area (Å²) in [7, 11) is -4.32. The fourth-order valence-corrected chi connectivity index (χ4v) is 5.21. The van der Waals surface area contributed by atoms with Crippen molar-refractivity contribution in [3.63, 3.8) is 0 Å². The molecule has 1 aromatic carbocycles.